The molecule has 2 aromatic heterocycles. The van der Waals surface area contributed by atoms with Gasteiger partial charge in [-0.05, 0) is 72.2 Å². The Morgan fingerprint density at radius 2 is 1.56 bits per heavy atom. The van der Waals surface area contributed by atoms with Crippen LogP contribution >= 0.6 is 0 Å². The maximum absolute atomic E-state index is 13.4. The monoisotopic (exact) mass is 472 g/mol. The number of carbonyl (C=O) groups is 3. The van der Waals surface area contributed by atoms with Crippen molar-refractivity contribution < 1.29 is 28.6 Å². The Morgan fingerprint density at radius 3 is 2.00 bits per heavy atom. The minimum atomic E-state index is -1.70. The molecule has 0 aliphatic rings. The molecular formula is C25H32N2O7. The molecule has 0 bridgehead atoms. The highest BCUT2D eigenvalue weighted by molar-refractivity contribution is 6.04. The first kappa shape index (κ1) is 26.8. The Hall–Kier alpha value is -3.49. The molecule has 0 aliphatic carbocycles. The quantitative estimate of drug-likeness (QED) is 0.357. The van der Waals surface area contributed by atoms with Gasteiger partial charge in [0.15, 0.2) is 5.92 Å². The van der Waals surface area contributed by atoms with Crippen LogP contribution in [0.1, 0.15) is 70.3 Å². The van der Waals surface area contributed by atoms with Gasteiger partial charge in [0.1, 0.15) is 16.8 Å². The first-order valence-corrected chi connectivity index (χ1v) is 10.9. The lowest BCUT2D eigenvalue weighted by Gasteiger charge is -2.27. The molecule has 0 N–H and O–H groups in total. The molecule has 184 valence electrons. The fourth-order valence-electron chi connectivity index (χ4n) is 3.18. The number of rotatable bonds is 6. The molecule has 0 radical (unpaired) electrons. The second-order valence-corrected chi connectivity index (χ2v) is 9.66. The van der Waals surface area contributed by atoms with Crippen molar-refractivity contribution in [2.75, 3.05) is 6.61 Å². The first-order valence-electron chi connectivity index (χ1n) is 10.9. The second-order valence-electron chi connectivity index (χ2n) is 9.66. The van der Waals surface area contributed by atoms with E-state index in [2.05, 4.69) is 4.98 Å². The molecule has 0 aliphatic heterocycles. The van der Waals surface area contributed by atoms with Gasteiger partial charge in [-0.15, -0.1) is 0 Å². The lowest BCUT2D eigenvalue weighted by molar-refractivity contribution is -0.169. The van der Waals surface area contributed by atoms with Crippen LogP contribution in [0.15, 0.2) is 35.3 Å². The molecule has 2 rings (SSSR count). The fraction of sp³-hybridized carbons (Fsp3) is 0.480. The summed E-state index contributed by atoms with van der Waals surface area (Å²) >= 11 is 0. The predicted octanol–water partition coefficient (Wildman–Crippen LogP) is 3.39. The Bertz CT molecular complexity index is 1090. The number of pyridine rings is 2. The summed E-state index contributed by atoms with van der Waals surface area (Å²) in [5.41, 5.74) is -2.52. The largest absolute Gasteiger partial charge is 0.462 e. The minimum absolute atomic E-state index is 0.00698. The van der Waals surface area contributed by atoms with Crippen molar-refractivity contribution in [1.82, 2.24) is 9.55 Å². The lowest BCUT2D eigenvalue weighted by atomic mass is 9.93. The van der Waals surface area contributed by atoms with E-state index in [1.807, 2.05) is 0 Å². The van der Waals surface area contributed by atoms with Gasteiger partial charge in [0, 0.05) is 13.2 Å². The van der Waals surface area contributed by atoms with Gasteiger partial charge in [0.05, 0.1) is 18.0 Å². The molecule has 2 aromatic rings. The Morgan fingerprint density at radius 1 is 1.00 bits per heavy atom. The highest BCUT2D eigenvalue weighted by Gasteiger charge is 2.40. The standard InChI is InChI=1S/C25H32N2O7/c1-9-32-21(29)18-15(14-17(27(8)20(18)28)16-12-10-11-13-26-16)19(22(30)33-24(2,3)4)23(31)34-25(5,6)7/h10-14,19H,9H2,1-8H3. The van der Waals surface area contributed by atoms with Crippen LogP contribution in [-0.4, -0.2) is 45.3 Å². The molecule has 2 heterocycles. The van der Waals surface area contributed by atoms with Crippen molar-refractivity contribution in [1.29, 1.82) is 0 Å². The van der Waals surface area contributed by atoms with Crippen molar-refractivity contribution in [3.8, 4) is 11.4 Å². The smallest absolute Gasteiger partial charge is 0.344 e. The van der Waals surface area contributed by atoms with E-state index in [4.69, 9.17) is 14.2 Å². The fourth-order valence-corrected chi connectivity index (χ4v) is 3.18. The van der Waals surface area contributed by atoms with Gasteiger partial charge in [0.2, 0.25) is 0 Å². The van der Waals surface area contributed by atoms with Crippen molar-refractivity contribution in [2.45, 2.75) is 65.6 Å². The summed E-state index contributed by atoms with van der Waals surface area (Å²) in [5.74, 6) is -4.56. The Kier molecular flexibility index (Phi) is 8.02. The van der Waals surface area contributed by atoms with Gasteiger partial charge in [-0.3, -0.25) is 19.4 Å². The van der Waals surface area contributed by atoms with Crippen LogP contribution in [0.5, 0.6) is 0 Å². The summed E-state index contributed by atoms with van der Waals surface area (Å²) < 4.78 is 17.3. The molecule has 9 heteroatoms. The molecule has 0 unspecified atom stereocenters. The molecule has 0 amide bonds. The average Bonchev–Trinajstić information content (AvgIpc) is 2.68. The molecule has 34 heavy (non-hydrogen) atoms. The molecule has 0 saturated carbocycles. The van der Waals surface area contributed by atoms with E-state index in [-0.39, 0.29) is 12.2 Å². The van der Waals surface area contributed by atoms with Gasteiger partial charge < -0.3 is 18.8 Å². The summed E-state index contributed by atoms with van der Waals surface area (Å²) in [6, 6.07) is 6.51. The molecule has 0 fully saturated rings. The highest BCUT2D eigenvalue weighted by atomic mass is 16.6. The summed E-state index contributed by atoms with van der Waals surface area (Å²) in [4.78, 5) is 57.0. The average molecular weight is 473 g/mol. The van der Waals surface area contributed by atoms with Crippen molar-refractivity contribution in [2.24, 2.45) is 7.05 Å². The van der Waals surface area contributed by atoms with Crippen LogP contribution in [0.3, 0.4) is 0 Å². The van der Waals surface area contributed by atoms with Gasteiger partial charge in [-0.25, -0.2) is 4.79 Å². The normalized spacial score (nSPS) is 11.8. The third-order valence-corrected chi connectivity index (χ3v) is 4.46. The second kappa shape index (κ2) is 10.2. The van der Waals surface area contributed by atoms with Gasteiger partial charge >= 0.3 is 17.9 Å². The SMILES string of the molecule is CCOC(=O)c1c(C(C(=O)OC(C)(C)C)C(=O)OC(C)(C)C)cc(-c2ccccn2)n(C)c1=O. The number of esters is 3. The predicted molar refractivity (Wildman–Crippen MR) is 125 cm³/mol. The lowest BCUT2D eigenvalue weighted by Crippen LogP contribution is -2.38. The van der Waals surface area contributed by atoms with Crippen LogP contribution in [0.25, 0.3) is 11.4 Å². The van der Waals surface area contributed by atoms with Crippen LogP contribution in [0.4, 0.5) is 0 Å². The van der Waals surface area contributed by atoms with E-state index >= 15 is 0 Å². The van der Waals surface area contributed by atoms with Gasteiger partial charge in [-0.1, -0.05) is 6.07 Å². The Balaban J connectivity index is 2.88. The molecule has 0 saturated heterocycles. The molecule has 0 atom stereocenters. The van der Waals surface area contributed by atoms with Crippen LogP contribution in [0, 0.1) is 0 Å². The van der Waals surface area contributed by atoms with E-state index in [9.17, 15) is 19.2 Å². The van der Waals surface area contributed by atoms with Gasteiger partial charge in [-0.2, -0.15) is 0 Å². The van der Waals surface area contributed by atoms with Gasteiger partial charge in [0.25, 0.3) is 5.56 Å². The van der Waals surface area contributed by atoms with Crippen molar-refractivity contribution >= 4 is 17.9 Å². The van der Waals surface area contributed by atoms with E-state index in [1.54, 1.807) is 66.7 Å². The Labute approximate surface area is 199 Å². The third-order valence-electron chi connectivity index (χ3n) is 4.46. The third kappa shape index (κ3) is 6.52. The van der Waals surface area contributed by atoms with Crippen LogP contribution < -0.4 is 5.56 Å². The molecule has 0 aromatic carbocycles. The minimum Gasteiger partial charge on any atom is -0.462 e. The number of hydrogen-bond acceptors (Lipinski definition) is 8. The first-order chi connectivity index (χ1) is 15.7. The van der Waals surface area contributed by atoms with Crippen LogP contribution in [-0.2, 0) is 30.8 Å². The number of nitrogens with zero attached hydrogens (tertiary/aromatic N) is 2. The number of aromatic nitrogens is 2. The van der Waals surface area contributed by atoms with Crippen LogP contribution in [0.2, 0.25) is 0 Å². The van der Waals surface area contributed by atoms with Crippen molar-refractivity contribution in [3.05, 3.63) is 51.9 Å². The summed E-state index contributed by atoms with van der Waals surface area (Å²) in [6.45, 7) is 11.5. The summed E-state index contributed by atoms with van der Waals surface area (Å²) in [7, 11) is 1.47. The molecule has 9 nitrogen and oxygen atoms in total. The zero-order valence-electron chi connectivity index (χ0n) is 20.9. The number of carbonyl (C=O) groups excluding carboxylic acids is 3. The molecule has 0 spiro atoms. The molecular weight excluding hydrogens is 440 g/mol. The zero-order chi connectivity index (χ0) is 25.8. The maximum atomic E-state index is 13.4. The van der Waals surface area contributed by atoms with E-state index in [1.165, 1.54) is 23.9 Å². The summed E-state index contributed by atoms with van der Waals surface area (Å²) in [6.07, 6.45) is 1.54. The number of ether oxygens (including phenoxy) is 3. The van der Waals surface area contributed by atoms with E-state index < -0.39 is 46.2 Å². The topological polar surface area (TPSA) is 114 Å². The zero-order valence-corrected chi connectivity index (χ0v) is 20.9. The number of hydrogen-bond donors (Lipinski definition) is 0. The summed E-state index contributed by atoms with van der Waals surface area (Å²) in [5, 5.41) is 0. The highest BCUT2D eigenvalue weighted by Crippen LogP contribution is 2.29. The van der Waals surface area contributed by atoms with E-state index in [0.717, 1.165) is 0 Å². The maximum Gasteiger partial charge on any atom is 0.344 e. The van der Waals surface area contributed by atoms with E-state index in [0.29, 0.717) is 11.4 Å². The van der Waals surface area contributed by atoms with Crippen molar-refractivity contribution in [3.63, 3.8) is 0 Å².